The number of rotatable bonds is 3. The van der Waals surface area contributed by atoms with Gasteiger partial charge >= 0.3 is 0 Å². The summed E-state index contributed by atoms with van der Waals surface area (Å²) in [6.45, 7) is 0. The molecular formula is C13H10BrN3O4. The number of nitrogen functional groups attached to an aromatic ring is 1. The maximum atomic E-state index is 12.1. The molecule has 4 N–H and O–H groups in total. The summed E-state index contributed by atoms with van der Waals surface area (Å²) in [7, 11) is 0. The molecule has 0 aliphatic rings. The van der Waals surface area contributed by atoms with Crippen LogP contribution in [0, 0.1) is 10.1 Å². The smallest absolute Gasteiger partial charge is 0.271 e. The zero-order chi connectivity index (χ0) is 15.6. The lowest BCUT2D eigenvalue weighted by Gasteiger charge is -2.09. The minimum absolute atomic E-state index is 0.0523. The van der Waals surface area contributed by atoms with Gasteiger partial charge in [0.1, 0.15) is 5.75 Å². The van der Waals surface area contributed by atoms with E-state index in [1.165, 1.54) is 6.07 Å². The standard InChI is InChI=1S/C13H10BrN3O4/c14-10-3-1-7(15)5-9(10)13(19)16-11-6-8(17(20)21)2-4-12(11)18/h1-6,18H,15H2,(H,16,19). The third-order valence-electron chi connectivity index (χ3n) is 2.67. The molecule has 0 fully saturated rings. The number of halogens is 1. The van der Waals surface area contributed by atoms with Gasteiger partial charge in [-0.2, -0.15) is 0 Å². The van der Waals surface area contributed by atoms with Crippen LogP contribution in [0.1, 0.15) is 10.4 Å². The van der Waals surface area contributed by atoms with Crippen LogP contribution in [0.2, 0.25) is 0 Å². The summed E-state index contributed by atoms with van der Waals surface area (Å²) in [5.41, 5.74) is 5.97. The Labute approximate surface area is 127 Å². The molecule has 2 aromatic carbocycles. The van der Waals surface area contributed by atoms with E-state index in [1.807, 2.05) is 0 Å². The molecule has 0 atom stereocenters. The van der Waals surface area contributed by atoms with E-state index >= 15 is 0 Å². The van der Waals surface area contributed by atoms with Gasteiger partial charge in [0.05, 0.1) is 16.2 Å². The lowest BCUT2D eigenvalue weighted by atomic mass is 10.2. The van der Waals surface area contributed by atoms with E-state index < -0.39 is 10.8 Å². The van der Waals surface area contributed by atoms with Crippen molar-refractivity contribution in [3.63, 3.8) is 0 Å². The molecule has 0 spiro atoms. The van der Waals surface area contributed by atoms with E-state index in [9.17, 15) is 20.0 Å². The molecule has 108 valence electrons. The monoisotopic (exact) mass is 351 g/mol. The van der Waals surface area contributed by atoms with Gasteiger partial charge in [-0.15, -0.1) is 0 Å². The molecule has 0 saturated carbocycles. The second-order valence-electron chi connectivity index (χ2n) is 4.15. The van der Waals surface area contributed by atoms with Gasteiger partial charge in [0.2, 0.25) is 0 Å². The maximum absolute atomic E-state index is 12.1. The number of phenolic OH excluding ortho intramolecular Hbond substituents is 1. The zero-order valence-corrected chi connectivity index (χ0v) is 12.1. The van der Waals surface area contributed by atoms with Crippen LogP contribution < -0.4 is 11.1 Å². The number of hydrogen-bond acceptors (Lipinski definition) is 5. The molecule has 1 amide bonds. The second kappa shape index (κ2) is 5.80. The number of nitrogens with one attached hydrogen (secondary N) is 1. The first kappa shape index (κ1) is 14.8. The van der Waals surface area contributed by atoms with E-state index in [-0.39, 0.29) is 22.7 Å². The van der Waals surface area contributed by atoms with Crippen LogP contribution in [0.4, 0.5) is 17.1 Å². The number of nitrogens with zero attached hydrogens (tertiary/aromatic N) is 1. The average Bonchev–Trinajstić information content (AvgIpc) is 2.43. The number of nitro benzene ring substituents is 1. The number of amides is 1. The molecular weight excluding hydrogens is 342 g/mol. The van der Waals surface area contributed by atoms with E-state index in [0.29, 0.717) is 10.2 Å². The average molecular weight is 352 g/mol. The minimum atomic E-state index is -0.620. The van der Waals surface area contributed by atoms with E-state index in [4.69, 9.17) is 5.73 Å². The van der Waals surface area contributed by atoms with Gasteiger partial charge in [0.25, 0.3) is 11.6 Å². The Morgan fingerprint density at radius 3 is 2.67 bits per heavy atom. The number of nitrogens with two attached hydrogens (primary N) is 1. The molecule has 0 bridgehead atoms. The first-order valence-electron chi connectivity index (χ1n) is 5.72. The number of phenols is 1. The predicted molar refractivity (Wildman–Crippen MR) is 81.3 cm³/mol. The number of anilines is 2. The zero-order valence-electron chi connectivity index (χ0n) is 10.5. The van der Waals surface area contributed by atoms with E-state index in [2.05, 4.69) is 21.2 Å². The van der Waals surface area contributed by atoms with Crippen LogP contribution in [-0.2, 0) is 0 Å². The summed E-state index contributed by atoms with van der Waals surface area (Å²) in [5.74, 6) is -0.820. The quantitative estimate of drug-likeness (QED) is 0.340. The van der Waals surface area contributed by atoms with E-state index in [1.54, 1.807) is 12.1 Å². The molecule has 2 rings (SSSR count). The Morgan fingerprint density at radius 2 is 2.00 bits per heavy atom. The Kier molecular flexibility index (Phi) is 4.08. The largest absolute Gasteiger partial charge is 0.506 e. The van der Waals surface area contributed by atoms with Crippen LogP contribution in [-0.4, -0.2) is 15.9 Å². The number of aromatic hydroxyl groups is 1. The summed E-state index contributed by atoms with van der Waals surface area (Å²) in [6, 6.07) is 8.04. The van der Waals surface area contributed by atoms with Crippen LogP contribution in [0.5, 0.6) is 5.75 Å². The van der Waals surface area contributed by atoms with Crippen molar-refractivity contribution in [3.8, 4) is 5.75 Å². The molecule has 21 heavy (non-hydrogen) atoms. The first-order valence-corrected chi connectivity index (χ1v) is 6.51. The second-order valence-corrected chi connectivity index (χ2v) is 5.01. The summed E-state index contributed by atoms with van der Waals surface area (Å²) >= 11 is 3.21. The Balaban J connectivity index is 2.33. The highest BCUT2D eigenvalue weighted by molar-refractivity contribution is 9.10. The fraction of sp³-hybridized carbons (Fsp3) is 0. The van der Waals surface area contributed by atoms with Crippen molar-refractivity contribution in [2.45, 2.75) is 0 Å². The van der Waals surface area contributed by atoms with Gasteiger partial charge in [-0.3, -0.25) is 14.9 Å². The molecule has 0 aliphatic heterocycles. The highest BCUT2D eigenvalue weighted by atomic mass is 79.9. The van der Waals surface area contributed by atoms with Crippen LogP contribution in [0.25, 0.3) is 0 Å². The number of hydrogen-bond donors (Lipinski definition) is 3. The van der Waals surface area contributed by atoms with Gasteiger partial charge in [-0.05, 0) is 40.2 Å². The SMILES string of the molecule is Nc1ccc(Br)c(C(=O)Nc2cc([N+](=O)[O-])ccc2O)c1. The molecule has 7 nitrogen and oxygen atoms in total. The third kappa shape index (κ3) is 3.29. The molecule has 0 aromatic heterocycles. The molecule has 0 heterocycles. The number of nitro groups is 1. The summed E-state index contributed by atoms with van der Waals surface area (Å²) in [5, 5.41) is 22.8. The highest BCUT2D eigenvalue weighted by Crippen LogP contribution is 2.29. The molecule has 2 aromatic rings. The summed E-state index contributed by atoms with van der Waals surface area (Å²) in [4.78, 5) is 22.2. The van der Waals surface area contributed by atoms with Gasteiger partial charge in [-0.1, -0.05) is 0 Å². The van der Waals surface area contributed by atoms with Crippen molar-refractivity contribution in [3.05, 3.63) is 56.5 Å². The fourth-order valence-electron chi connectivity index (χ4n) is 1.64. The molecule has 0 saturated heterocycles. The van der Waals surface area contributed by atoms with Gasteiger partial charge < -0.3 is 16.2 Å². The minimum Gasteiger partial charge on any atom is -0.506 e. The normalized spacial score (nSPS) is 10.1. The predicted octanol–water partition coefficient (Wildman–Crippen LogP) is 2.90. The third-order valence-corrected chi connectivity index (χ3v) is 3.37. The molecule has 0 unspecified atom stereocenters. The van der Waals surface area contributed by atoms with Gasteiger partial charge in [0, 0.05) is 22.3 Å². The Hall–Kier alpha value is -2.61. The Bertz CT molecular complexity index is 733. The van der Waals surface area contributed by atoms with Gasteiger partial charge in [0.15, 0.2) is 0 Å². The summed E-state index contributed by atoms with van der Waals surface area (Å²) in [6.07, 6.45) is 0. The van der Waals surface area contributed by atoms with Crippen molar-refractivity contribution < 1.29 is 14.8 Å². The first-order chi connectivity index (χ1) is 9.88. The number of benzene rings is 2. The van der Waals surface area contributed by atoms with Crippen molar-refractivity contribution in [1.29, 1.82) is 0 Å². The van der Waals surface area contributed by atoms with E-state index in [0.717, 1.165) is 18.2 Å². The molecule has 0 aliphatic carbocycles. The fourth-order valence-corrected chi connectivity index (χ4v) is 2.07. The molecule has 8 heteroatoms. The van der Waals surface area contributed by atoms with Crippen molar-refractivity contribution in [2.24, 2.45) is 0 Å². The number of carbonyl (C=O) groups is 1. The van der Waals surface area contributed by atoms with Crippen LogP contribution in [0.3, 0.4) is 0 Å². The maximum Gasteiger partial charge on any atom is 0.271 e. The summed E-state index contributed by atoms with van der Waals surface area (Å²) < 4.78 is 0.513. The molecule has 0 radical (unpaired) electrons. The Morgan fingerprint density at radius 1 is 1.29 bits per heavy atom. The van der Waals surface area contributed by atoms with Crippen molar-refractivity contribution >= 4 is 38.9 Å². The van der Waals surface area contributed by atoms with Crippen molar-refractivity contribution in [2.75, 3.05) is 11.1 Å². The highest BCUT2D eigenvalue weighted by Gasteiger charge is 2.15. The van der Waals surface area contributed by atoms with Crippen molar-refractivity contribution in [1.82, 2.24) is 0 Å². The van der Waals surface area contributed by atoms with Crippen LogP contribution in [0.15, 0.2) is 40.9 Å². The van der Waals surface area contributed by atoms with Gasteiger partial charge in [-0.25, -0.2) is 0 Å². The lowest BCUT2D eigenvalue weighted by molar-refractivity contribution is -0.384. The number of carbonyl (C=O) groups excluding carboxylic acids is 1. The number of non-ortho nitro benzene ring substituents is 1. The lowest BCUT2D eigenvalue weighted by Crippen LogP contribution is -2.13. The van der Waals surface area contributed by atoms with Crippen LogP contribution >= 0.6 is 15.9 Å². The topological polar surface area (TPSA) is 118 Å².